The predicted molar refractivity (Wildman–Crippen MR) is 73.1 cm³/mol. The van der Waals surface area contributed by atoms with Crippen molar-refractivity contribution < 1.29 is 22.5 Å². The lowest BCUT2D eigenvalue weighted by Crippen LogP contribution is -2.10. The second-order valence-electron chi connectivity index (χ2n) is 3.88. The summed E-state index contributed by atoms with van der Waals surface area (Å²) in [5.41, 5.74) is -0.256. The maximum Gasteiger partial charge on any atom is 0.337 e. The molecule has 0 aliphatic rings. The van der Waals surface area contributed by atoms with Gasteiger partial charge in [0.25, 0.3) is 0 Å². The molecule has 0 saturated carbocycles. The predicted octanol–water partition coefficient (Wildman–Crippen LogP) is 1.96. The average Bonchev–Trinajstić information content (AvgIpc) is 2.26. The minimum atomic E-state index is -3.63. The van der Waals surface area contributed by atoms with Crippen LogP contribution in [-0.2, 0) is 20.6 Å². The largest absolute Gasteiger partial charge is 0.478 e. The molecule has 0 saturated heterocycles. The smallest absolute Gasteiger partial charge is 0.337 e. The van der Waals surface area contributed by atoms with Crippen LogP contribution in [0.4, 0.5) is 0 Å². The fraction of sp³-hybridized carbons (Fsp3) is 0.364. The molecule has 1 rings (SSSR count). The van der Waals surface area contributed by atoms with Crippen LogP contribution in [0, 0.1) is 0 Å². The summed E-state index contributed by atoms with van der Waals surface area (Å²) >= 11 is 5.91. The van der Waals surface area contributed by atoms with Gasteiger partial charge >= 0.3 is 5.97 Å². The van der Waals surface area contributed by atoms with Crippen molar-refractivity contribution in [1.29, 1.82) is 0 Å². The monoisotopic (exact) mass is 324 g/mol. The van der Waals surface area contributed by atoms with E-state index in [1.807, 2.05) is 0 Å². The normalized spacial score (nSPS) is 13.2. The number of aromatic carboxylic acids is 1. The highest BCUT2D eigenvalue weighted by atomic mass is 35.5. The number of carbonyl (C=O) groups is 1. The summed E-state index contributed by atoms with van der Waals surface area (Å²) < 4.78 is 35.4. The highest BCUT2D eigenvalue weighted by Crippen LogP contribution is 2.31. The van der Waals surface area contributed by atoms with Gasteiger partial charge in [-0.25, -0.2) is 13.2 Å². The molecule has 0 amide bonds. The molecule has 0 bridgehead atoms. The Kier molecular flexibility index (Phi) is 5.11. The summed E-state index contributed by atoms with van der Waals surface area (Å²) in [6.45, 7) is 1.78. The lowest BCUT2D eigenvalue weighted by molar-refractivity contribution is 0.0696. The van der Waals surface area contributed by atoms with Crippen molar-refractivity contribution in [3.05, 3.63) is 22.7 Å². The first-order valence-corrected chi connectivity index (χ1v) is 8.93. The molecule has 0 radical (unpaired) electrons. The lowest BCUT2D eigenvalue weighted by Gasteiger charge is -2.11. The van der Waals surface area contributed by atoms with E-state index < -0.39 is 26.6 Å². The van der Waals surface area contributed by atoms with Crippen LogP contribution in [0.5, 0.6) is 0 Å². The van der Waals surface area contributed by atoms with Crippen LogP contribution in [0.3, 0.4) is 0 Å². The first-order valence-electron chi connectivity index (χ1n) is 5.34. The van der Waals surface area contributed by atoms with Gasteiger partial charge in [-0.05, 0) is 18.6 Å². The quantitative estimate of drug-likeness (QED) is 0.894. The van der Waals surface area contributed by atoms with Crippen LogP contribution in [-0.4, -0.2) is 35.7 Å². The molecule has 1 N–H and O–H groups in total. The topological polar surface area (TPSA) is 88.5 Å². The van der Waals surface area contributed by atoms with Crippen molar-refractivity contribution in [2.75, 3.05) is 12.0 Å². The molecule has 1 aromatic rings. The van der Waals surface area contributed by atoms with Crippen molar-refractivity contribution in [3.63, 3.8) is 0 Å². The fourth-order valence-electron chi connectivity index (χ4n) is 1.50. The Hall–Kier alpha value is -0.920. The molecule has 0 fully saturated rings. The minimum absolute atomic E-state index is 0.120. The second kappa shape index (κ2) is 6.02. The number of hydrogen-bond donors (Lipinski definition) is 1. The van der Waals surface area contributed by atoms with E-state index in [4.69, 9.17) is 16.7 Å². The van der Waals surface area contributed by atoms with E-state index in [1.165, 1.54) is 0 Å². The van der Waals surface area contributed by atoms with Crippen molar-refractivity contribution >= 4 is 38.2 Å². The zero-order chi connectivity index (χ0) is 14.8. The number of halogens is 1. The Bertz CT molecular complexity index is 637. The molecule has 1 atom stereocenters. The molecule has 0 spiro atoms. The van der Waals surface area contributed by atoms with Gasteiger partial charge in [-0.1, -0.05) is 18.5 Å². The zero-order valence-corrected chi connectivity index (χ0v) is 12.7. The molecule has 1 unspecified atom stereocenters. The summed E-state index contributed by atoms with van der Waals surface area (Å²) in [6, 6.07) is 2.24. The summed E-state index contributed by atoms with van der Waals surface area (Å²) in [5, 5.41) is 8.69. The van der Waals surface area contributed by atoms with Crippen LogP contribution in [0.2, 0.25) is 5.02 Å². The molecule has 19 heavy (non-hydrogen) atoms. The van der Waals surface area contributed by atoms with Gasteiger partial charge in [0.1, 0.15) is 0 Å². The Morgan fingerprint density at radius 2 is 2.00 bits per heavy atom. The van der Waals surface area contributed by atoms with Gasteiger partial charge in [-0.2, -0.15) is 0 Å². The summed E-state index contributed by atoms with van der Waals surface area (Å²) in [7, 11) is -5.29. The summed E-state index contributed by atoms with van der Waals surface area (Å²) in [6.07, 6.45) is 1.52. The van der Waals surface area contributed by atoms with Crippen LogP contribution < -0.4 is 0 Å². The van der Waals surface area contributed by atoms with Gasteiger partial charge in [0.15, 0.2) is 9.84 Å². The first kappa shape index (κ1) is 16.1. The van der Waals surface area contributed by atoms with Gasteiger partial charge < -0.3 is 5.11 Å². The van der Waals surface area contributed by atoms with Gasteiger partial charge in [0, 0.05) is 12.0 Å². The maximum absolute atomic E-state index is 12.1. The van der Waals surface area contributed by atoms with Gasteiger partial charge in [0.2, 0.25) is 0 Å². The second-order valence-corrected chi connectivity index (χ2v) is 7.75. The number of carboxylic acids is 1. The van der Waals surface area contributed by atoms with Crippen LogP contribution in [0.15, 0.2) is 21.9 Å². The SMILES string of the molecule is CCCS(=O)c1c(S(C)(=O)=O)ccc(C(=O)O)c1Cl. The molecule has 5 nitrogen and oxygen atoms in total. The van der Waals surface area contributed by atoms with Crippen molar-refractivity contribution in [1.82, 2.24) is 0 Å². The van der Waals surface area contributed by atoms with Crippen molar-refractivity contribution in [2.24, 2.45) is 0 Å². The van der Waals surface area contributed by atoms with E-state index >= 15 is 0 Å². The number of benzene rings is 1. The van der Waals surface area contributed by atoms with Crippen LogP contribution in [0.1, 0.15) is 23.7 Å². The Balaban J connectivity index is 3.65. The first-order chi connectivity index (χ1) is 8.70. The lowest BCUT2D eigenvalue weighted by atomic mass is 10.2. The van der Waals surface area contributed by atoms with E-state index in [0.717, 1.165) is 18.4 Å². The maximum atomic E-state index is 12.1. The number of rotatable bonds is 5. The molecule has 0 heterocycles. The van der Waals surface area contributed by atoms with Crippen LogP contribution in [0.25, 0.3) is 0 Å². The van der Waals surface area contributed by atoms with Crippen LogP contribution >= 0.6 is 11.6 Å². The highest BCUT2D eigenvalue weighted by molar-refractivity contribution is 7.92. The Morgan fingerprint density at radius 1 is 1.42 bits per heavy atom. The fourth-order valence-corrected chi connectivity index (χ4v) is 4.72. The molecule has 0 aliphatic carbocycles. The van der Waals surface area contributed by atoms with E-state index in [-0.39, 0.29) is 26.1 Å². The third kappa shape index (κ3) is 3.55. The zero-order valence-electron chi connectivity index (χ0n) is 10.3. The van der Waals surface area contributed by atoms with Crippen molar-refractivity contribution in [3.8, 4) is 0 Å². The molecule has 8 heteroatoms. The van der Waals surface area contributed by atoms with E-state index in [9.17, 15) is 17.4 Å². The highest BCUT2D eigenvalue weighted by Gasteiger charge is 2.24. The molecule has 0 aromatic heterocycles. The van der Waals surface area contributed by atoms with E-state index in [0.29, 0.717) is 6.42 Å². The molecule has 1 aromatic carbocycles. The third-order valence-electron chi connectivity index (χ3n) is 2.31. The number of sulfone groups is 1. The van der Waals surface area contributed by atoms with Crippen molar-refractivity contribution in [2.45, 2.75) is 23.1 Å². The summed E-state index contributed by atoms with van der Waals surface area (Å²) in [5.74, 6) is -1.08. The average molecular weight is 325 g/mol. The van der Waals surface area contributed by atoms with E-state index in [1.54, 1.807) is 6.92 Å². The molecular weight excluding hydrogens is 312 g/mol. The number of hydrogen-bond acceptors (Lipinski definition) is 4. The van der Waals surface area contributed by atoms with Gasteiger partial charge in [-0.3, -0.25) is 4.21 Å². The minimum Gasteiger partial charge on any atom is -0.478 e. The van der Waals surface area contributed by atoms with Gasteiger partial charge in [0.05, 0.1) is 31.2 Å². The summed E-state index contributed by atoms with van der Waals surface area (Å²) in [4.78, 5) is 10.7. The third-order valence-corrected chi connectivity index (χ3v) is 5.74. The molecular formula is C11H13ClO5S2. The molecule has 0 aliphatic heterocycles. The molecule has 106 valence electrons. The standard InChI is InChI=1S/C11H13ClO5S2/c1-3-6-18(15)10-8(19(2,16)17)5-4-7(9(10)12)11(13)14/h4-5H,3,6H2,1-2H3,(H,13,14). The van der Waals surface area contributed by atoms with Gasteiger partial charge in [-0.15, -0.1) is 0 Å². The Labute approximate surface area is 119 Å². The Morgan fingerprint density at radius 3 is 2.42 bits per heavy atom. The van der Waals surface area contributed by atoms with E-state index in [2.05, 4.69) is 0 Å². The number of carboxylic acid groups (broad SMARTS) is 1.